The number of carbonyl (C=O) groups is 1. The number of quaternary nitrogens is 1. The summed E-state index contributed by atoms with van der Waals surface area (Å²) in [6.45, 7) is 2.68. The van der Waals surface area contributed by atoms with Crippen molar-refractivity contribution in [3.8, 4) is 0 Å². The molecule has 0 radical (unpaired) electrons. The summed E-state index contributed by atoms with van der Waals surface area (Å²) in [6.07, 6.45) is 12.7. The first-order valence-corrected chi connectivity index (χ1v) is 9.41. The van der Waals surface area contributed by atoms with Gasteiger partial charge in [0.25, 0.3) is 0 Å². The van der Waals surface area contributed by atoms with Gasteiger partial charge in [0.15, 0.2) is 0 Å². The molecule has 0 spiro atoms. The molecular formula is C19H40ClNO3. The number of rotatable bonds is 15. The quantitative estimate of drug-likeness (QED) is 0.358. The molecular weight excluding hydrogens is 326 g/mol. The summed E-state index contributed by atoms with van der Waals surface area (Å²) in [5.74, 6) is -1.16. The van der Waals surface area contributed by atoms with Gasteiger partial charge < -0.3 is 19.5 Å². The highest BCUT2D eigenvalue weighted by molar-refractivity contribution is 5.85. The van der Waals surface area contributed by atoms with E-state index < -0.39 is 11.6 Å². The minimum Gasteiger partial charge on any atom is -0.550 e. The van der Waals surface area contributed by atoms with E-state index in [-0.39, 0.29) is 18.8 Å². The maximum Gasteiger partial charge on any atom is 0.119 e. The summed E-state index contributed by atoms with van der Waals surface area (Å²) >= 11 is 0. The van der Waals surface area contributed by atoms with E-state index in [1.165, 1.54) is 51.4 Å². The van der Waals surface area contributed by atoms with Crippen LogP contribution in [0, 0.1) is 0 Å². The number of aliphatic hydroxyl groups is 1. The highest BCUT2D eigenvalue weighted by atomic mass is 35.5. The van der Waals surface area contributed by atoms with Crippen LogP contribution in [-0.4, -0.2) is 48.8 Å². The van der Waals surface area contributed by atoms with Crippen LogP contribution in [0.1, 0.15) is 84.0 Å². The van der Waals surface area contributed by atoms with E-state index in [4.69, 9.17) is 0 Å². The predicted molar refractivity (Wildman–Crippen MR) is 101 cm³/mol. The van der Waals surface area contributed by atoms with E-state index in [2.05, 4.69) is 6.92 Å². The van der Waals surface area contributed by atoms with E-state index in [0.717, 1.165) is 12.8 Å². The van der Waals surface area contributed by atoms with Crippen LogP contribution in [0.15, 0.2) is 0 Å². The molecule has 0 fully saturated rings. The molecule has 146 valence electrons. The second-order valence-corrected chi connectivity index (χ2v) is 8.15. The number of aliphatic carboxylic acids is 1. The fourth-order valence-electron chi connectivity index (χ4n) is 3.32. The third-order valence-corrected chi connectivity index (χ3v) is 4.24. The van der Waals surface area contributed by atoms with E-state index in [1.54, 1.807) is 0 Å². The molecule has 0 heterocycles. The Labute approximate surface area is 155 Å². The highest BCUT2D eigenvalue weighted by Gasteiger charge is 2.33. The van der Waals surface area contributed by atoms with Crippen LogP contribution in [0.2, 0.25) is 0 Å². The molecule has 0 aromatic heterocycles. The van der Waals surface area contributed by atoms with Crippen molar-refractivity contribution in [2.75, 3.05) is 27.7 Å². The Hall–Kier alpha value is -0.320. The summed E-state index contributed by atoms with van der Waals surface area (Å²) in [5.41, 5.74) is -1.14. The average molecular weight is 366 g/mol. The first-order valence-electron chi connectivity index (χ1n) is 9.41. The van der Waals surface area contributed by atoms with Gasteiger partial charge >= 0.3 is 0 Å². The zero-order valence-electron chi connectivity index (χ0n) is 16.3. The number of hydrogen-bond acceptors (Lipinski definition) is 3. The standard InChI is InChI=1S/C19H39NO3.ClH/c1-5-6-7-8-9-10-11-12-13-14-15-19(23,16-18(21)22)17-20(2,3)4;/h23H,5-17H2,1-4H3;1H/t19-;/m1./s1. The summed E-state index contributed by atoms with van der Waals surface area (Å²) in [5, 5.41) is 21.5. The molecule has 0 aromatic rings. The summed E-state index contributed by atoms with van der Waals surface area (Å²) < 4.78 is 0.557. The molecule has 0 aliphatic rings. The van der Waals surface area contributed by atoms with Crippen molar-refractivity contribution < 1.29 is 19.5 Å². The van der Waals surface area contributed by atoms with Gasteiger partial charge in [-0.05, 0) is 6.42 Å². The van der Waals surface area contributed by atoms with Gasteiger partial charge in [-0.2, -0.15) is 0 Å². The third kappa shape index (κ3) is 16.5. The highest BCUT2D eigenvalue weighted by Crippen LogP contribution is 2.22. The third-order valence-electron chi connectivity index (χ3n) is 4.24. The number of carbonyl (C=O) groups excluding carboxylic acids is 1. The lowest BCUT2D eigenvalue weighted by Crippen LogP contribution is -2.51. The van der Waals surface area contributed by atoms with Crippen molar-refractivity contribution in [3.63, 3.8) is 0 Å². The summed E-state index contributed by atoms with van der Waals surface area (Å²) in [4.78, 5) is 10.9. The number of unbranched alkanes of at least 4 members (excludes halogenated alkanes) is 9. The number of hydrogen-bond donors (Lipinski definition) is 1. The zero-order valence-corrected chi connectivity index (χ0v) is 17.1. The fraction of sp³-hybridized carbons (Fsp3) is 0.947. The van der Waals surface area contributed by atoms with Gasteiger partial charge in [0, 0.05) is 12.4 Å². The second-order valence-electron chi connectivity index (χ2n) is 8.15. The fourth-order valence-corrected chi connectivity index (χ4v) is 3.32. The van der Waals surface area contributed by atoms with Gasteiger partial charge in [0.1, 0.15) is 12.1 Å². The predicted octanol–water partition coefficient (Wildman–Crippen LogP) is 3.30. The Morgan fingerprint density at radius 1 is 0.917 bits per heavy atom. The number of likely N-dealkylation sites (N-methyl/N-ethyl adjacent to an activating group) is 1. The van der Waals surface area contributed by atoms with Gasteiger partial charge in [0.2, 0.25) is 0 Å². The summed E-state index contributed by atoms with van der Waals surface area (Å²) in [7, 11) is 5.91. The molecule has 24 heavy (non-hydrogen) atoms. The Morgan fingerprint density at radius 3 is 1.71 bits per heavy atom. The lowest BCUT2D eigenvalue weighted by molar-refractivity contribution is -0.877. The Bertz CT molecular complexity index is 318. The van der Waals surface area contributed by atoms with E-state index >= 15 is 0 Å². The number of carboxylic acids is 1. The zero-order chi connectivity index (χ0) is 17.8. The molecule has 0 saturated heterocycles. The van der Waals surface area contributed by atoms with Crippen molar-refractivity contribution in [1.82, 2.24) is 0 Å². The van der Waals surface area contributed by atoms with Crippen molar-refractivity contribution in [3.05, 3.63) is 0 Å². The molecule has 0 bridgehead atoms. The van der Waals surface area contributed by atoms with E-state index in [0.29, 0.717) is 17.4 Å². The topological polar surface area (TPSA) is 60.4 Å². The van der Waals surface area contributed by atoms with E-state index in [9.17, 15) is 15.0 Å². The number of halogens is 1. The largest absolute Gasteiger partial charge is 0.550 e. The van der Waals surface area contributed by atoms with Crippen LogP contribution in [0.4, 0.5) is 0 Å². The second kappa shape index (κ2) is 13.9. The molecule has 0 aromatic carbocycles. The monoisotopic (exact) mass is 365 g/mol. The maximum atomic E-state index is 10.9. The van der Waals surface area contributed by atoms with Crippen molar-refractivity contribution >= 4 is 18.4 Å². The number of nitrogens with zero attached hydrogens (tertiary/aromatic N) is 1. The Kier molecular flexibility index (Phi) is 15.0. The van der Waals surface area contributed by atoms with Gasteiger partial charge in [0.05, 0.1) is 21.1 Å². The summed E-state index contributed by atoms with van der Waals surface area (Å²) in [6, 6.07) is 0. The minimum atomic E-state index is -1.16. The van der Waals surface area contributed by atoms with Crippen LogP contribution in [0.3, 0.4) is 0 Å². The van der Waals surface area contributed by atoms with Crippen molar-refractivity contribution in [2.24, 2.45) is 0 Å². The molecule has 0 unspecified atom stereocenters. The van der Waals surface area contributed by atoms with Crippen LogP contribution in [0.25, 0.3) is 0 Å². The molecule has 0 rings (SSSR count). The minimum absolute atomic E-state index is 0. The van der Waals surface area contributed by atoms with Crippen molar-refractivity contribution in [1.29, 1.82) is 0 Å². The van der Waals surface area contributed by atoms with Crippen LogP contribution in [-0.2, 0) is 4.79 Å². The molecule has 0 aliphatic carbocycles. The van der Waals surface area contributed by atoms with Crippen LogP contribution < -0.4 is 5.11 Å². The molecule has 0 saturated carbocycles. The van der Waals surface area contributed by atoms with E-state index in [1.807, 2.05) is 21.1 Å². The van der Waals surface area contributed by atoms with Crippen molar-refractivity contribution in [2.45, 2.75) is 89.6 Å². The maximum absolute atomic E-state index is 10.9. The molecule has 1 atom stereocenters. The van der Waals surface area contributed by atoms with Gasteiger partial charge in [-0.25, -0.2) is 0 Å². The average Bonchev–Trinajstić information content (AvgIpc) is 2.37. The molecule has 1 N–H and O–H groups in total. The Balaban J connectivity index is 0. The first kappa shape index (κ1) is 25.9. The number of carboxylic acid groups (broad SMARTS) is 1. The lowest BCUT2D eigenvalue weighted by atomic mass is 9.91. The molecule has 5 heteroatoms. The SMILES string of the molecule is CCCCCCCCCCCC[C@@](O)(CC(=O)[O-])C[N+](C)(C)C.Cl. The molecule has 4 nitrogen and oxygen atoms in total. The first-order chi connectivity index (χ1) is 10.7. The molecule has 0 aliphatic heterocycles. The van der Waals surface area contributed by atoms with Gasteiger partial charge in [-0.1, -0.05) is 71.1 Å². The van der Waals surface area contributed by atoms with Crippen LogP contribution in [0.5, 0.6) is 0 Å². The lowest BCUT2D eigenvalue weighted by Gasteiger charge is -2.36. The molecule has 0 amide bonds. The van der Waals surface area contributed by atoms with Crippen LogP contribution >= 0.6 is 12.4 Å². The normalized spacial score (nSPS) is 14.0. The smallest absolute Gasteiger partial charge is 0.119 e. The Morgan fingerprint density at radius 2 is 1.33 bits per heavy atom. The van der Waals surface area contributed by atoms with Gasteiger partial charge in [-0.15, -0.1) is 12.4 Å². The van der Waals surface area contributed by atoms with Gasteiger partial charge in [-0.3, -0.25) is 0 Å².